The van der Waals surface area contributed by atoms with Gasteiger partial charge in [0, 0.05) is 24.6 Å². The van der Waals surface area contributed by atoms with Crippen molar-refractivity contribution in [3.63, 3.8) is 0 Å². The number of nitrogens with zero attached hydrogens (tertiary/aromatic N) is 1. The van der Waals surface area contributed by atoms with E-state index in [0.717, 1.165) is 18.7 Å². The van der Waals surface area contributed by atoms with E-state index in [9.17, 15) is 14.9 Å². The summed E-state index contributed by atoms with van der Waals surface area (Å²) in [7, 11) is 0. The minimum Gasteiger partial charge on any atom is -0.352 e. The van der Waals surface area contributed by atoms with Crippen LogP contribution < -0.4 is 10.6 Å². The van der Waals surface area contributed by atoms with Crippen molar-refractivity contribution >= 4 is 11.6 Å². The highest BCUT2D eigenvalue weighted by atomic mass is 16.6. The molecule has 19 heavy (non-hydrogen) atoms. The van der Waals surface area contributed by atoms with Crippen LogP contribution in [0.4, 0.5) is 5.69 Å². The number of amides is 1. The Morgan fingerprint density at radius 1 is 1.53 bits per heavy atom. The summed E-state index contributed by atoms with van der Waals surface area (Å²) in [6, 6.07) is 4.91. The molecule has 1 aliphatic heterocycles. The molecule has 2 N–H and O–H groups in total. The van der Waals surface area contributed by atoms with Gasteiger partial charge in [-0.25, -0.2) is 0 Å². The van der Waals surface area contributed by atoms with E-state index in [1.165, 1.54) is 6.07 Å². The Morgan fingerprint density at radius 2 is 2.26 bits per heavy atom. The molecule has 1 heterocycles. The van der Waals surface area contributed by atoms with Crippen molar-refractivity contribution in [3.05, 3.63) is 39.4 Å². The van der Waals surface area contributed by atoms with Crippen molar-refractivity contribution in [3.8, 4) is 0 Å². The van der Waals surface area contributed by atoms with Gasteiger partial charge in [-0.05, 0) is 31.5 Å². The standard InChI is InChI=1S/C13H17N3O3/c1-9-11(3-2-4-12(9)16(18)19)8-15-13(17)5-10-6-14-7-10/h2-4,10,14H,5-8H2,1H3,(H,15,17). The van der Waals surface area contributed by atoms with Crippen LogP contribution >= 0.6 is 0 Å². The highest BCUT2D eigenvalue weighted by Gasteiger charge is 2.20. The van der Waals surface area contributed by atoms with Crippen LogP contribution in [0.1, 0.15) is 17.5 Å². The van der Waals surface area contributed by atoms with E-state index in [0.29, 0.717) is 24.4 Å². The minimum absolute atomic E-state index is 0.00240. The Morgan fingerprint density at radius 3 is 2.84 bits per heavy atom. The maximum Gasteiger partial charge on any atom is 0.272 e. The molecule has 0 aliphatic carbocycles. The van der Waals surface area contributed by atoms with Gasteiger partial charge >= 0.3 is 0 Å². The van der Waals surface area contributed by atoms with Crippen molar-refractivity contribution in [2.24, 2.45) is 5.92 Å². The lowest BCUT2D eigenvalue weighted by Crippen LogP contribution is -2.44. The van der Waals surface area contributed by atoms with Crippen LogP contribution in [-0.4, -0.2) is 23.9 Å². The van der Waals surface area contributed by atoms with Gasteiger partial charge in [-0.2, -0.15) is 0 Å². The summed E-state index contributed by atoms with van der Waals surface area (Å²) >= 11 is 0. The number of carbonyl (C=O) groups is 1. The Kier molecular flexibility index (Phi) is 4.11. The van der Waals surface area contributed by atoms with E-state index in [2.05, 4.69) is 10.6 Å². The van der Waals surface area contributed by atoms with Gasteiger partial charge in [0.2, 0.25) is 5.91 Å². The lowest BCUT2D eigenvalue weighted by Gasteiger charge is -2.26. The number of nitrogens with one attached hydrogen (secondary N) is 2. The predicted octanol–water partition coefficient (Wildman–Crippen LogP) is 1.13. The zero-order valence-electron chi connectivity index (χ0n) is 10.8. The van der Waals surface area contributed by atoms with E-state index >= 15 is 0 Å². The van der Waals surface area contributed by atoms with Crippen LogP contribution in [0.25, 0.3) is 0 Å². The van der Waals surface area contributed by atoms with Gasteiger partial charge in [0.05, 0.1) is 4.92 Å². The van der Waals surface area contributed by atoms with Crippen LogP contribution in [0.15, 0.2) is 18.2 Å². The second kappa shape index (κ2) is 5.79. The van der Waals surface area contributed by atoms with Crippen LogP contribution in [0, 0.1) is 23.0 Å². The molecule has 1 saturated heterocycles. The molecule has 0 atom stereocenters. The van der Waals surface area contributed by atoms with Crippen molar-refractivity contribution in [2.75, 3.05) is 13.1 Å². The summed E-state index contributed by atoms with van der Waals surface area (Å²) in [6.45, 7) is 3.83. The molecule has 0 bridgehead atoms. The molecule has 6 nitrogen and oxygen atoms in total. The van der Waals surface area contributed by atoms with Crippen molar-refractivity contribution in [1.82, 2.24) is 10.6 Å². The van der Waals surface area contributed by atoms with Gasteiger partial charge in [0.15, 0.2) is 0 Å². The first-order chi connectivity index (χ1) is 9.08. The van der Waals surface area contributed by atoms with Crippen molar-refractivity contribution in [1.29, 1.82) is 0 Å². The first kappa shape index (κ1) is 13.5. The zero-order valence-corrected chi connectivity index (χ0v) is 10.8. The number of hydrogen-bond acceptors (Lipinski definition) is 4. The third kappa shape index (κ3) is 3.29. The summed E-state index contributed by atoms with van der Waals surface area (Å²) < 4.78 is 0. The number of benzene rings is 1. The molecular formula is C13H17N3O3. The SMILES string of the molecule is Cc1c(CNC(=O)CC2CNC2)cccc1[N+](=O)[O-]. The average Bonchev–Trinajstić information content (AvgIpc) is 2.32. The number of hydrogen-bond donors (Lipinski definition) is 2. The normalized spacial score (nSPS) is 14.8. The van der Waals surface area contributed by atoms with Crippen LogP contribution in [0.2, 0.25) is 0 Å². The summed E-state index contributed by atoms with van der Waals surface area (Å²) in [4.78, 5) is 22.1. The van der Waals surface area contributed by atoms with Crippen molar-refractivity contribution in [2.45, 2.75) is 19.9 Å². The van der Waals surface area contributed by atoms with Gasteiger partial charge < -0.3 is 10.6 Å². The molecule has 2 rings (SSSR count). The third-order valence-electron chi connectivity index (χ3n) is 3.43. The van der Waals surface area contributed by atoms with Gasteiger partial charge in [0.25, 0.3) is 5.69 Å². The highest BCUT2D eigenvalue weighted by Crippen LogP contribution is 2.20. The fraction of sp³-hybridized carbons (Fsp3) is 0.462. The zero-order chi connectivity index (χ0) is 13.8. The Balaban J connectivity index is 1.93. The maximum absolute atomic E-state index is 11.7. The maximum atomic E-state index is 11.7. The summed E-state index contributed by atoms with van der Waals surface area (Å²) in [5.41, 5.74) is 1.49. The predicted molar refractivity (Wildman–Crippen MR) is 70.7 cm³/mol. The molecule has 6 heteroatoms. The smallest absolute Gasteiger partial charge is 0.272 e. The van der Waals surface area contributed by atoms with E-state index in [4.69, 9.17) is 0 Å². The minimum atomic E-state index is -0.402. The molecule has 1 aromatic carbocycles. The number of carbonyl (C=O) groups excluding carboxylic acids is 1. The largest absolute Gasteiger partial charge is 0.352 e. The third-order valence-corrected chi connectivity index (χ3v) is 3.43. The molecule has 1 aliphatic rings. The number of nitro benzene ring substituents is 1. The molecule has 1 amide bonds. The van der Waals surface area contributed by atoms with Gasteiger partial charge in [0.1, 0.15) is 0 Å². The number of nitro groups is 1. The van der Waals surface area contributed by atoms with E-state index in [1.807, 2.05) is 0 Å². The fourth-order valence-corrected chi connectivity index (χ4v) is 2.08. The molecule has 1 aromatic rings. The Hall–Kier alpha value is -1.95. The summed E-state index contributed by atoms with van der Waals surface area (Å²) in [5, 5.41) is 16.7. The molecule has 0 unspecified atom stereocenters. The Labute approximate surface area is 111 Å². The Bertz CT molecular complexity index is 498. The van der Waals surface area contributed by atoms with Crippen molar-refractivity contribution < 1.29 is 9.72 Å². The van der Waals surface area contributed by atoms with E-state index < -0.39 is 4.92 Å². The molecule has 1 fully saturated rings. The van der Waals surface area contributed by atoms with Crippen LogP contribution in [0.5, 0.6) is 0 Å². The second-order valence-electron chi connectivity index (χ2n) is 4.82. The topological polar surface area (TPSA) is 84.3 Å². The average molecular weight is 263 g/mol. The molecule has 0 spiro atoms. The molecule has 102 valence electrons. The quantitative estimate of drug-likeness (QED) is 0.616. The number of rotatable bonds is 5. The second-order valence-corrected chi connectivity index (χ2v) is 4.82. The van der Waals surface area contributed by atoms with E-state index in [-0.39, 0.29) is 11.6 Å². The molecule has 0 radical (unpaired) electrons. The summed E-state index contributed by atoms with van der Waals surface area (Å²) in [5.74, 6) is 0.420. The van der Waals surface area contributed by atoms with Gasteiger partial charge in [-0.15, -0.1) is 0 Å². The molecule has 0 saturated carbocycles. The molecular weight excluding hydrogens is 246 g/mol. The van der Waals surface area contributed by atoms with Crippen LogP contribution in [0.3, 0.4) is 0 Å². The fourth-order valence-electron chi connectivity index (χ4n) is 2.08. The van der Waals surface area contributed by atoms with Crippen LogP contribution in [-0.2, 0) is 11.3 Å². The van der Waals surface area contributed by atoms with Gasteiger partial charge in [-0.1, -0.05) is 12.1 Å². The first-order valence-corrected chi connectivity index (χ1v) is 6.28. The highest BCUT2D eigenvalue weighted by molar-refractivity contribution is 5.76. The summed E-state index contributed by atoms with van der Waals surface area (Å²) in [6.07, 6.45) is 0.515. The first-order valence-electron chi connectivity index (χ1n) is 6.28. The lowest BCUT2D eigenvalue weighted by atomic mass is 9.99. The van der Waals surface area contributed by atoms with Gasteiger partial charge in [-0.3, -0.25) is 14.9 Å². The molecule has 0 aromatic heterocycles. The monoisotopic (exact) mass is 263 g/mol. The van der Waals surface area contributed by atoms with E-state index in [1.54, 1.807) is 19.1 Å². The lowest BCUT2D eigenvalue weighted by molar-refractivity contribution is -0.385.